The molecule has 1 saturated heterocycles. The van der Waals surface area contributed by atoms with Crippen molar-refractivity contribution in [2.75, 3.05) is 23.8 Å². The molecule has 0 aromatic heterocycles. The van der Waals surface area contributed by atoms with E-state index in [0.29, 0.717) is 18.5 Å². The van der Waals surface area contributed by atoms with Gasteiger partial charge in [-0.3, -0.25) is 14.5 Å². The van der Waals surface area contributed by atoms with Gasteiger partial charge in [0.05, 0.1) is 6.61 Å². The second kappa shape index (κ2) is 6.99. The quantitative estimate of drug-likeness (QED) is 0.792. The third-order valence-corrected chi connectivity index (χ3v) is 4.03. The third-order valence-electron chi connectivity index (χ3n) is 2.70. The fraction of sp³-hybridized carbons (Fsp3) is 0.385. The van der Waals surface area contributed by atoms with E-state index in [-0.39, 0.29) is 11.1 Å². The van der Waals surface area contributed by atoms with Gasteiger partial charge in [0.25, 0.3) is 11.1 Å². The minimum atomic E-state index is -0.556. The molecule has 2 rings (SSSR count). The molecule has 1 aromatic carbocycles. The average molecular weight is 359 g/mol. The van der Waals surface area contributed by atoms with Crippen molar-refractivity contribution < 1.29 is 14.3 Å². The number of anilines is 1. The van der Waals surface area contributed by atoms with Gasteiger partial charge in [-0.05, 0) is 43.0 Å². The van der Waals surface area contributed by atoms with E-state index in [1.165, 1.54) is 4.90 Å². The first kappa shape index (κ1) is 15.2. The standard InChI is InChI=1S/C13H15BrN2O3S/c1-2-19-10-5-3-9(4-6-10)15-11-12(17)16(8-7-14)13(18)20-11/h3-6,11,15H,2,7-8H2,1H3. The molecule has 0 aliphatic carbocycles. The molecule has 0 spiro atoms. The summed E-state index contributed by atoms with van der Waals surface area (Å²) in [6.07, 6.45) is 0. The van der Waals surface area contributed by atoms with Crippen LogP contribution in [0.1, 0.15) is 6.92 Å². The molecule has 1 atom stereocenters. The Morgan fingerprint density at radius 1 is 1.35 bits per heavy atom. The van der Waals surface area contributed by atoms with Crippen LogP contribution in [0.25, 0.3) is 0 Å². The number of amides is 2. The minimum absolute atomic E-state index is 0.201. The van der Waals surface area contributed by atoms with Gasteiger partial charge in [0.2, 0.25) is 0 Å². The smallest absolute Gasteiger partial charge is 0.290 e. The molecule has 5 nitrogen and oxygen atoms in total. The van der Waals surface area contributed by atoms with Gasteiger partial charge in [0.15, 0.2) is 5.37 Å². The number of benzene rings is 1. The van der Waals surface area contributed by atoms with E-state index >= 15 is 0 Å². The summed E-state index contributed by atoms with van der Waals surface area (Å²) < 4.78 is 5.35. The van der Waals surface area contributed by atoms with Gasteiger partial charge in [0.1, 0.15) is 5.75 Å². The Balaban J connectivity index is 2.00. The Bertz CT molecular complexity index is 495. The largest absolute Gasteiger partial charge is 0.494 e. The van der Waals surface area contributed by atoms with E-state index in [4.69, 9.17) is 4.74 Å². The lowest BCUT2D eigenvalue weighted by atomic mass is 10.3. The van der Waals surface area contributed by atoms with Crippen LogP contribution in [-0.2, 0) is 4.79 Å². The number of imide groups is 1. The lowest BCUT2D eigenvalue weighted by molar-refractivity contribution is -0.125. The first-order valence-corrected chi connectivity index (χ1v) is 8.23. The van der Waals surface area contributed by atoms with Gasteiger partial charge < -0.3 is 10.1 Å². The predicted molar refractivity (Wildman–Crippen MR) is 83.5 cm³/mol. The zero-order valence-electron chi connectivity index (χ0n) is 11.0. The molecule has 0 radical (unpaired) electrons. The van der Waals surface area contributed by atoms with Crippen molar-refractivity contribution in [2.24, 2.45) is 0 Å². The van der Waals surface area contributed by atoms with Gasteiger partial charge in [-0.15, -0.1) is 0 Å². The number of nitrogens with one attached hydrogen (secondary N) is 1. The van der Waals surface area contributed by atoms with Crippen LogP contribution in [0.2, 0.25) is 0 Å². The van der Waals surface area contributed by atoms with E-state index < -0.39 is 5.37 Å². The number of ether oxygens (including phenoxy) is 1. The Labute approximate surface area is 130 Å². The first-order chi connectivity index (χ1) is 9.65. The Morgan fingerprint density at radius 3 is 2.65 bits per heavy atom. The maximum atomic E-state index is 12.1. The first-order valence-electron chi connectivity index (χ1n) is 6.23. The number of carbonyl (C=O) groups is 2. The highest BCUT2D eigenvalue weighted by Crippen LogP contribution is 2.28. The Morgan fingerprint density at radius 2 is 2.05 bits per heavy atom. The molecule has 2 amide bonds. The molecule has 1 N–H and O–H groups in total. The van der Waals surface area contributed by atoms with Crippen LogP contribution in [0, 0.1) is 0 Å². The average Bonchev–Trinajstić information content (AvgIpc) is 2.69. The molecule has 108 valence electrons. The summed E-state index contributed by atoms with van der Waals surface area (Å²) in [6, 6.07) is 7.31. The van der Waals surface area contributed by atoms with Gasteiger partial charge in [0, 0.05) is 17.6 Å². The number of thioether (sulfide) groups is 1. The second-order valence-corrected chi connectivity index (χ2v) is 5.89. The fourth-order valence-corrected chi connectivity index (χ4v) is 3.08. The van der Waals surface area contributed by atoms with Gasteiger partial charge in [-0.2, -0.15) is 0 Å². The second-order valence-electron chi connectivity index (χ2n) is 4.04. The van der Waals surface area contributed by atoms with E-state index in [9.17, 15) is 9.59 Å². The molecule has 1 unspecified atom stereocenters. The molecule has 1 fully saturated rings. The maximum Gasteiger partial charge on any atom is 0.290 e. The summed E-state index contributed by atoms with van der Waals surface area (Å²) in [5, 5.41) is 2.88. The number of hydrogen-bond acceptors (Lipinski definition) is 5. The summed E-state index contributed by atoms with van der Waals surface area (Å²) in [6.45, 7) is 2.93. The lowest BCUT2D eigenvalue weighted by Crippen LogP contribution is -2.35. The van der Waals surface area contributed by atoms with Crippen LogP contribution in [0.3, 0.4) is 0 Å². The summed E-state index contributed by atoms with van der Waals surface area (Å²) >= 11 is 4.24. The number of rotatable bonds is 6. The van der Waals surface area contributed by atoms with Crippen molar-refractivity contribution in [3.05, 3.63) is 24.3 Å². The van der Waals surface area contributed by atoms with Crippen molar-refractivity contribution in [1.82, 2.24) is 4.90 Å². The molecular formula is C13H15BrN2O3S. The number of carbonyl (C=O) groups excluding carboxylic acids is 2. The highest BCUT2D eigenvalue weighted by molar-refractivity contribution is 9.09. The van der Waals surface area contributed by atoms with E-state index in [1.807, 2.05) is 31.2 Å². The molecule has 0 bridgehead atoms. The summed E-state index contributed by atoms with van der Waals surface area (Å²) in [5.41, 5.74) is 0.785. The van der Waals surface area contributed by atoms with Gasteiger partial charge >= 0.3 is 0 Å². The van der Waals surface area contributed by atoms with E-state index in [1.54, 1.807) is 0 Å². The number of nitrogens with zero attached hydrogens (tertiary/aromatic N) is 1. The number of hydrogen-bond donors (Lipinski definition) is 1. The van der Waals surface area contributed by atoms with E-state index in [0.717, 1.165) is 23.2 Å². The molecule has 0 saturated carbocycles. The van der Waals surface area contributed by atoms with Gasteiger partial charge in [-0.1, -0.05) is 15.9 Å². The number of alkyl halides is 1. The minimum Gasteiger partial charge on any atom is -0.494 e. The molecule has 7 heteroatoms. The molecule has 20 heavy (non-hydrogen) atoms. The molecule has 1 aromatic rings. The predicted octanol–water partition coefficient (Wildman–Crippen LogP) is 2.91. The SMILES string of the molecule is CCOc1ccc(NC2SC(=O)N(CCBr)C2=O)cc1. The van der Waals surface area contributed by atoms with Crippen molar-refractivity contribution in [3.63, 3.8) is 0 Å². The molecular weight excluding hydrogens is 344 g/mol. The van der Waals surface area contributed by atoms with Crippen LogP contribution >= 0.6 is 27.7 Å². The van der Waals surface area contributed by atoms with Crippen LogP contribution in [0.4, 0.5) is 10.5 Å². The maximum absolute atomic E-state index is 12.1. The summed E-state index contributed by atoms with van der Waals surface area (Å²) in [7, 11) is 0. The highest BCUT2D eigenvalue weighted by Gasteiger charge is 2.39. The van der Waals surface area contributed by atoms with Gasteiger partial charge in [-0.25, -0.2) is 0 Å². The molecule has 1 aliphatic rings. The van der Waals surface area contributed by atoms with Crippen LogP contribution in [-0.4, -0.2) is 39.9 Å². The van der Waals surface area contributed by atoms with Crippen LogP contribution < -0.4 is 10.1 Å². The van der Waals surface area contributed by atoms with Crippen LogP contribution in [0.5, 0.6) is 5.75 Å². The Kier molecular flexibility index (Phi) is 5.31. The topological polar surface area (TPSA) is 58.6 Å². The zero-order valence-corrected chi connectivity index (χ0v) is 13.4. The van der Waals surface area contributed by atoms with Crippen molar-refractivity contribution in [2.45, 2.75) is 12.3 Å². The zero-order chi connectivity index (χ0) is 14.5. The highest BCUT2D eigenvalue weighted by atomic mass is 79.9. The molecule has 1 aliphatic heterocycles. The van der Waals surface area contributed by atoms with Crippen molar-refractivity contribution in [1.29, 1.82) is 0 Å². The Hall–Kier alpha value is -1.21. The van der Waals surface area contributed by atoms with Crippen molar-refractivity contribution in [3.8, 4) is 5.75 Å². The normalized spacial score (nSPS) is 18.5. The number of halogens is 1. The lowest BCUT2D eigenvalue weighted by Gasteiger charge is -2.13. The van der Waals surface area contributed by atoms with E-state index in [2.05, 4.69) is 21.2 Å². The fourth-order valence-electron chi connectivity index (χ4n) is 1.79. The summed E-state index contributed by atoms with van der Waals surface area (Å²) in [5.74, 6) is 0.578. The van der Waals surface area contributed by atoms with Crippen LogP contribution in [0.15, 0.2) is 24.3 Å². The molecule has 1 heterocycles. The summed E-state index contributed by atoms with van der Waals surface area (Å²) in [4.78, 5) is 25.0. The van der Waals surface area contributed by atoms with Crippen molar-refractivity contribution >= 4 is 44.5 Å². The monoisotopic (exact) mass is 358 g/mol. The third kappa shape index (κ3) is 3.46.